The summed E-state index contributed by atoms with van der Waals surface area (Å²) in [6, 6.07) is 0. The highest BCUT2D eigenvalue weighted by atomic mass is 16.7. The van der Waals surface area contributed by atoms with Crippen molar-refractivity contribution in [3.63, 3.8) is 0 Å². The summed E-state index contributed by atoms with van der Waals surface area (Å²) in [6.07, 6.45) is 12.2. The van der Waals surface area contributed by atoms with E-state index in [9.17, 15) is 4.79 Å². The molecule has 0 aromatic rings. The molecular formula is C13H24O3. The molecule has 0 unspecified atom stereocenters. The van der Waals surface area contributed by atoms with E-state index in [2.05, 4.69) is 17.7 Å². The number of carbonyl (C=O) groups is 1. The Kier molecular flexibility index (Phi) is 11.3. The molecule has 0 amide bonds. The largest absolute Gasteiger partial charge is 0.508 e. The van der Waals surface area contributed by atoms with Crippen molar-refractivity contribution in [1.82, 2.24) is 0 Å². The van der Waals surface area contributed by atoms with Crippen LogP contribution in [0.4, 0.5) is 4.79 Å². The average molecular weight is 228 g/mol. The number of carbonyl (C=O) groups excluding carboxylic acids is 1. The zero-order chi connectivity index (χ0) is 12.1. The monoisotopic (exact) mass is 228 g/mol. The lowest BCUT2D eigenvalue weighted by Gasteiger charge is -1.99. The third-order valence-electron chi connectivity index (χ3n) is 2.36. The average Bonchev–Trinajstić information content (AvgIpc) is 2.31. The Morgan fingerprint density at radius 3 is 2.44 bits per heavy atom. The minimum absolute atomic E-state index is 0.308. The third-order valence-corrected chi connectivity index (χ3v) is 2.36. The highest BCUT2D eigenvalue weighted by Gasteiger charge is 1.95. The van der Waals surface area contributed by atoms with Gasteiger partial charge in [0.1, 0.15) is 6.61 Å². The van der Waals surface area contributed by atoms with Crippen molar-refractivity contribution in [2.45, 2.75) is 51.9 Å². The van der Waals surface area contributed by atoms with E-state index in [1.54, 1.807) is 0 Å². The zero-order valence-corrected chi connectivity index (χ0v) is 10.5. The van der Waals surface area contributed by atoms with Gasteiger partial charge in [0, 0.05) is 0 Å². The Morgan fingerprint density at radius 1 is 1.06 bits per heavy atom. The minimum atomic E-state index is -0.621. The number of ether oxygens (including phenoxy) is 2. The first-order valence-electron chi connectivity index (χ1n) is 6.17. The van der Waals surface area contributed by atoms with Crippen LogP contribution in [0.15, 0.2) is 12.2 Å². The van der Waals surface area contributed by atoms with Crippen LogP contribution in [-0.2, 0) is 9.47 Å². The second-order valence-corrected chi connectivity index (χ2v) is 3.79. The molecule has 94 valence electrons. The Hall–Kier alpha value is -0.990. The van der Waals surface area contributed by atoms with Gasteiger partial charge in [0.15, 0.2) is 0 Å². The molecule has 0 aliphatic rings. The summed E-state index contributed by atoms with van der Waals surface area (Å²) in [5.74, 6) is 0. The maximum Gasteiger partial charge on any atom is 0.508 e. The maximum atomic E-state index is 10.6. The highest BCUT2D eigenvalue weighted by molar-refractivity contribution is 5.59. The van der Waals surface area contributed by atoms with Crippen LogP contribution >= 0.6 is 0 Å². The number of hydrogen-bond donors (Lipinski definition) is 0. The van der Waals surface area contributed by atoms with Crippen LogP contribution in [0, 0.1) is 0 Å². The van der Waals surface area contributed by atoms with Gasteiger partial charge in [-0.25, -0.2) is 4.79 Å². The van der Waals surface area contributed by atoms with E-state index in [1.165, 1.54) is 45.6 Å². The molecule has 16 heavy (non-hydrogen) atoms. The predicted octanol–water partition coefficient (Wildman–Crippen LogP) is 4.08. The molecule has 0 fully saturated rings. The second-order valence-electron chi connectivity index (χ2n) is 3.79. The van der Waals surface area contributed by atoms with Crippen molar-refractivity contribution in [3.05, 3.63) is 12.2 Å². The van der Waals surface area contributed by atoms with Gasteiger partial charge in [-0.2, -0.15) is 0 Å². The topological polar surface area (TPSA) is 35.5 Å². The van der Waals surface area contributed by atoms with E-state index in [4.69, 9.17) is 4.74 Å². The van der Waals surface area contributed by atoms with Gasteiger partial charge in [-0.05, 0) is 12.8 Å². The molecule has 3 heteroatoms. The van der Waals surface area contributed by atoms with Crippen LogP contribution in [0.2, 0.25) is 0 Å². The molecule has 0 atom stereocenters. The molecule has 0 radical (unpaired) electrons. The molecule has 0 spiro atoms. The molecule has 0 N–H and O–H groups in total. The molecule has 0 aliphatic heterocycles. The van der Waals surface area contributed by atoms with Crippen molar-refractivity contribution in [2.75, 3.05) is 13.7 Å². The van der Waals surface area contributed by atoms with Gasteiger partial charge in [-0.3, -0.25) is 0 Å². The van der Waals surface area contributed by atoms with Crippen LogP contribution in [-0.4, -0.2) is 19.9 Å². The summed E-state index contributed by atoms with van der Waals surface area (Å²) >= 11 is 0. The molecule has 0 heterocycles. The van der Waals surface area contributed by atoms with Gasteiger partial charge < -0.3 is 9.47 Å². The van der Waals surface area contributed by atoms with E-state index < -0.39 is 6.16 Å². The standard InChI is InChI=1S/C13H24O3/c1-3-4-5-6-7-8-9-10-11-12-16-13(14)15-2/h10-11H,3-9,12H2,1-2H3/b11-10-. The smallest absolute Gasteiger partial charge is 0.438 e. The fraction of sp³-hybridized carbons (Fsp3) is 0.769. The number of methoxy groups -OCH3 is 1. The summed E-state index contributed by atoms with van der Waals surface area (Å²) in [6.45, 7) is 2.53. The highest BCUT2D eigenvalue weighted by Crippen LogP contribution is 2.06. The lowest BCUT2D eigenvalue weighted by molar-refractivity contribution is 0.0817. The van der Waals surface area contributed by atoms with Gasteiger partial charge in [-0.1, -0.05) is 51.2 Å². The quantitative estimate of drug-likeness (QED) is 0.339. The second kappa shape index (κ2) is 12.1. The first-order chi connectivity index (χ1) is 7.81. The summed E-state index contributed by atoms with van der Waals surface area (Å²) in [5, 5.41) is 0. The maximum absolute atomic E-state index is 10.6. The van der Waals surface area contributed by atoms with E-state index in [0.717, 1.165) is 6.42 Å². The van der Waals surface area contributed by atoms with Crippen LogP contribution in [0.5, 0.6) is 0 Å². The van der Waals surface area contributed by atoms with Crippen molar-refractivity contribution in [3.8, 4) is 0 Å². The number of hydrogen-bond acceptors (Lipinski definition) is 3. The predicted molar refractivity (Wildman–Crippen MR) is 65.5 cm³/mol. The third kappa shape index (κ3) is 11.1. The lowest BCUT2D eigenvalue weighted by Crippen LogP contribution is -2.03. The summed E-state index contributed by atoms with van der Waals surface area (Å²) in [7, 11) is 1.31. The first kappa shape index (κ1) is 15.0. The summed E-state index contributed by atoms with van der Waals surface area (Å²) in [4.78, 5) is 10.6. The van der Waals surface area contributed by atoms with Gasteiger partial charge in [0.25, 0.3) is 0 Å². The van der Waals surface area contributed by atoms with Gasteiger partial charge in [0.05, 0.1) is 7.11 Å². The van der Waals surface area contributed by atoms with Crippen LogP contribution in [0.3, 0.4) is 0 Å². The molecule has 0 aliphatic carbocycles. The van der Waals surface area contributed by atoms with E-state index in [1.807, 2.05) is 6.08 Å². The fourth-order valence-corrected chi connectivity index (χ4v) is 1.40. The summed E-state index contributed by atoms with van der Waals surface area (Å²) in [5.41, 5.74) is 0. The van der Waals surface area contributed by atoms with E-state index >= 15 is 0 Å². The number of allylic oxidation sites excluding steroid dienone is 1. The van der Waals surface area contributed by atoms with E-state index in [0.29, 0.717) is 6.61 Å². The normalized spacial score (nSPS) is 10.6. The van der Waals surface area contributed by atoms with Gasteiger partial charge in [-0.15, -0.1) is 0 Å². The zero-order valence-electron chi connectivity index (χ0n) is 10.5. The van der Waals surface area contributed by atoms with Gasteiger partial charge in [0.2, 0.25) is 0 Å². The van der Waals surface area contributed by atoms with Crippen molar-refractivity contribution < 1.29 is 14.3 Å². The SMILES string of the molecule is CCCCCCCC/C=C\COC(=O)OC. The van der Waals surface area contributed by atoms with Crippen molar-refractivity contribution in [1.29, 1.82) is 0 Å². The summed E-state index contributed by atoms with van der Waals surface area (Å²) < 4.78 is 9.04. The Morgan fingerprint density at radius 2 is 1.75 bits per heavy atom. The number of unbranched alkanes of at least 4 members (excludes halogenated alkanes) is 6. The van der Waals surface area contributed by atoms with Crippen molar-refractivity contribution in [2.24, 2.45) is 0 Å². The van der Waals surface area contributed by atoms with Crippen LogP contribution in [0.25, 0.3) is 0 Å². The molecule has 3 nitrogen and oxygen atoms in total. The lowest BCUT2D eigenvalue weighted by atomic mass is 10.1. The molecule has 0 rings (SSSR count). The Bertz CT molecular complexity index is 188. The van der Waals surface area contributed by atoms with Crippen LogP contribution < -0.4 is 0 Å². The molecule has 0 bridgehead atoms. The number of rotatable bonds is 9. The minimum Gasteiger partial charge on any atom is -0.438 e. The molecule has 0 saturated carbocycles. The van der Waals surface area contributed by atoms with Crippen molar-refractivity contribution >= 4 is 6.16 Å². The molecule has 0 saturated heterocycles. The Balaban J connectivity index is 3.12. The molecular weight excluding hydrogens is 204 g/mol. The first-order valence-corrected chi connectivity index (χ1v) is 6.17. The molecule has 0 aromatic heterocycles. The molecule has 0 aromatic carbocycles. The fourth-order valence-electron chi connectivity index (χ4n) is 1.40. The van der Waals surface area contributed by atoms with E-state index in [-0.39, 0.29) is 0 Å². The van der Waals surface area contributed by atoms with Gasteiger partial charge >= 0.3 is 6.16 Å². The Labute approximate surface area is 98.8 Å². The van der Waals surface area contributed by atoms with Crippen LogP contribution in [0.1, 0.15) is 51.9 Å².